The van der Waals surface area contributed by atoms with Crippen LogP contribution >= 0.6 is 27.5 Å². The van der Waals surface area contributed by atoms with Crippen LogP contribution in [-0.2, 0) is 22.8 Å². The molecule has 4 aromatic carbocycles. The summed E-state index contributed by atoms with van der Waals surface area (Å²) in [6, 6.07) is 27.9. The fourth-order valence-electron chi connectivity index (χ4n) is 3.99. The first-order chi connectivity index (χ1) is 19.4. The number of nitrogens with zero attached hydrogens (tertiary/aromatic N) is 1. The molecule has 5 rings (SSSR count). The number of amides is 4. The predicted octanol–water partition coefficient (Wildman–Crippen LogP) is 6.93. The Morgan fingerprint density at radius 2 is 1.48 bits per heavy atom. The molecule has 9 heteroatoms. The van der Waals surface area contributed by atoms with E-state index in [0.29, 0.717) is 28.7 Å². The summed E-state index contributed by atoms with van der Waals surface area (Å²) in [6.07, 6.45) is 1.37. The molecule has 0 saturated carbocycles. The quantitative estimate of drug-likeness (QED) is 0.171. The molecule has 0 unspecified atom stereocenters. The summed E-state index contributed by atoms with van der Waals surface area (Å²) in [5.41, 5.74) is 2.40. The molecule has 1 heterocycles. The van der Waals surface area contributed by atoms with Gasteiger partial charge in [0.25, 0.3) is 11.8 Å². The molecule has 0 atom stereocenters. The minimum absolute atomic E-state index is 0.236. The van der Waals surface area contributed by atoms with Crippen LogP contribution in [0, 0.1) is 0 Å². The van der Waals surface area contributed by atoms with Gasteiger partial charge in [-0.1, -0.05) is 70.0 Å². The molecule has 1 aliphatic heterocycles. The zero-order valence-electron chi connectivity index (χ0n) is 21.0. The van der Waals surface area contributed by atoms with Crippen molar-refractivity contribution in [3.63, 3.8) is 0 Å². The van der Waals surface area contributed by atoms with E-state index in [9.17, 15) is 14.4 Å². The number of barbiturate groups is 1. The highest BCUT2D eigenvalue weighted by molar-refractivity contribution is 9.10. The Morgan fingerprint density at radius 3 is 2.20 bits per heavy atom. The molecule has 4 aromatic rings. The molecule has 0 radical (unpaired) electrons. The first-order valence-electron chi connectivity index (χ1n) is 12.2. The van der Waals surface area contributed by atoms with Gasteiger partial charge in [0, 0.05) is 15.1 Å². The van der Waals surface area contributed by atoms with E-state index in [1.807, 2.05) is 54.6 Å². The minimum atomic E-state index is -0.845. The molecule has 0 bridgehead atoms. The van der Waals surface area contributed by atoms with Crippen LogP contribution in [0.1, 0.15) is 16.7 Å². The molecule has 200 valence electrons. The molecular weight excluding hydrogens is 596 g/mol. The van der Waals surface area contributed by atoms with Crippen LogP contribution < -0.4 is 19.7 Å². The number of carbonyl (C=O) groups excluding carboxylic acids is 3. The number of hydrogen-bond donors (Lipinski definition) is 1. The molecule has 7 nitrogen and oxygen atoms in total. The van der Waals surface area contributed by atoms with Crippen molar-refractivity contribution in [2.24, 2.45) is 0 Å². The van der Waals surface area contributed by atoms with Crippen LogP contribution in [0.3, 0.4) is 0 Å². The first-order valence-corrected chi connectivity index (χ1v) is 13.4. The lowest BCUT2D eigenvalue weighted by molar-refractivity contribution is -0.122. The van der Waals surface area contributed by atoms with E-state index in [2.05, 4.69) is 21.2 Å². The molecule has 1 N–H and O–H groups in total. The largest absolute Gasteiger partial charge is 0.489 e. The van der Waals surface area contributed by atoms with E-state index >= 15 is 0 Å². The summed E-state index contributed by atoms with van der Waals surface area (Å²) >= 11 is 9.62. The van der Waals surface area contributed by atoms with E-state index in [-0.39, 0.29) is 17.9 Å². The van der Waals surface area contributed by atoms with E-state index in [0.717, 1.165) is 20.5 Å². The Hall–Kier alpha value is -4.40. The van der Waals surface area contributed by atoms with Crippen molar-refractivity contribution in [3.05, 3.63) is 129 Å². The summed E-state index contributed by atoms with van der Waals surface area (Å²) < 4.78 is 12.7. The number of anilines is 1. The van der Waals surface area contributed by atoms with Crippen LogP contribution in [0.4, 0.5) is 10.5 Å². The van der Waals surface area contributed by atoms with Crippen molar-refractivity contribution in [2.75, 3.05) is 4.90 Å². The van der Waals surface area contributed by atoms with Crippen LogP contribution in [0.25, 0.3) is 6.08 Å². The van der Waals surface area contributed by atoms with Gasteiger partial charge in [-0.2, -0.15) is 0 Å². The fraction of sp³-hybridized carbons (Fsp3) is 0.0645. The molecule has 0 aliphatic carbocycles. The normalized spacial score (nSPS) is 14.3. The first kappa shape index (κ1) is 27.2. The number of urea groups is 1. The molecule has 1 saturated heterocycles. The van der Waals surface area contributed by atoms with Gasteiger partial charge < -0.3 is 9.47 Å². The van der Waals surface area contributed by atoms with Crippen molar-refractivity contribution in [1.29, 1.82) is 0 Å². The zero-order valence-corrected chi connectivity index (χ0v) is 23.3. The number of carbonyl (C=O) groups is 3. The van der Waals surface area contributed by atoms with Gasteiger partial charge in [0.15, 0.2) is 0 Å². The Labute approximate surface area is 244 Å². The van der Waals surface area contributed by atoms with Crippen LogP contribution in [-0.4, -0.2) is 17.8 Å². The van der Waals surface area contributed by atoms with Crippen molar-refractivity contribution >= 4 is 57.1 Å². The third kappa shape index (κ3) is 6.42. The lowest BCUT2D eigenvalue weighted by Crippen LogP contribution is -2.54. The summed E-state index contributed by atoms with van der Waals surface area (Å²) in [5.74, 6) is -0.599. The summed E-state index contributed by atoms with van der Waals surface area (Å²) in [4.78, 5) is 39.7. The Kier molecular flexibility index (Phi) is 8.28. The van der Waals surface area contributed by atoms with E-state index in [4.69, 9.17) is 21.1 Å². The lowest BCUT2D eigenvalue weighted by atomic mass is 10.1. The maximum absolute atomic E-state index is 13.4. The van der Waals surface area contributed by atoms with Gasteiger partial charge in [-0.3, -0.25) is 14.9 Å². The zero-order chi connectivity index (χ0) is 28.1. The van der Waals surface area contributed by atoms with Gasteiger partial charge in [0.05, 0.1) is 5.69 Å². The molecule has 4 amide bonds. The standard InChI is InChI=1S/C31H22BrClN2O5/c32-23-8-6-21(7-9-23)19-40-28-15-10-24(33)16-22(28)17-27-29(36)34-31(38)35(30(27)37)25-11-13-26(14-12-25)39-18-20-4-2-1-3-5-20/h1-17H,18-19H2,(H,34,36,38)/b27-17+. The van der Waals surface area contributed by atoms with E-state index in [1.54, 1.807) is 42.5 Å². The maximum atomic E-state index is 13.4. The molecule has 40 heavy (non-hydrogen) atoms. The Morgan fingerprint density at radius 1 is 0.800 bits per heavy atom. The highest BCUT2D eigenvalue weighted by atomic mass is 79.9. The summed E-state index contributed by atoms with van der Waals surface area (Å²) in [5, 5.41) is 2.63. The number of rotatable bonds is 8. The maximum Gasteiger partial charge on any atom is 0.335 e. The minimum Gasteiger partial charge on any atom is -0.489 e. The second-order valence-corrected chi connectivity index (χ2v) is 10.2. The topological polar surface area (TPSA) is 84.9 Å². The number of hydrogen-bond acceptors (Lipinski definition) is 5. The monoisotopic (exact) mass is 616 g/mol. The van der Waals surface area contributed by atoms with Gasteiger partial charge in [-0.15, -0.1) is 0 Å². The van der Waals surface area contributed by atoms with Crippen molar-refractivity contribution in [2.45, 2.75) is 13.2 Å². The molecular formula is C31H22BrClN2O5. The third-order valence-corrected chi connectivity index (χ3v) is 6.79. The van der Waals surface area contributed by atoms with Gasteiger partial charge in [0.2, 0.25) is 0 Å². The average Bonchev–Trinajstić information content (AvgIpc) is 2.95. The fourth-order valence-corrected chi connectivity index (χ4v) is 4.43. The molecule has 1 fully saturated rings. The average molecular weight is 618 g/mol. The van der Waals surface area contributed by atoms with E-state index in [1.165, 1.54) is 6.08 Å². The number of halogens is 2. The molecule has 1 aliphatic rings. The van der Waals surface area contributed by atoms with Gasteiger partial charge >= 0.3 is 6.03 Å². The second-order valence-electron chi connectivity index (χ2n) is 8.82. The van der Waals surface area contributed by atoms with Crippen LogP contribution in [0.5, 0.6) is 11.5 Å². The number of imide groups is 2. The number of nitrogens with one attached hydrogen (secondary N) is 1. The smallest absolute Gasteiger partial charge is 0.335 e. The van der Waals surface area contributed by atoms with Gasteiger partial charge in [-0.05, 0) is 71.8 Å². The number of ether oxygens (including phenoxy) is 2. The lowest BCUT2D eigenvalue weighted by Gasteiger charge is -2.26. The third-order valence-electron chi connectivity index (χ3n) is 6.02. The van der Waals surface area contributed by atoms with Crippen molar-refractivity contribution < 1.29 is 23.9 Å². The van der Waals surface area contributed by atoms with Crippen LogP contribution in [0.2, 0.25) is 5.02 Å². The number of benzene rings is 4. The highest BCUT2D eigenvalue weighted by Gasteiger charge is 2.37. The van der Waals surface area contributed by atoms with Crippen molar-refractivity contribution in [1.82, 2.24) is 5.32 Å². The predicted molar refractivity (Wildman–Crippen MR) is 156 cm³/mol. The Bertz CT molecular complexity index is 1590. The van der Waals surface area contributed by atoms with Crippen molar-refractivity contribution in [3.8, 4) is 11.5 Å². The van der Waals surface area contributed by atoms with Crippen LogP contribution in [0.15, 0.2) is 107 Å². The molecule has 0 spiro atoms. The van der Waals surface area contributed by atoms with E-state index < -0.39 is 17.8 Å². The Balaban J connectivity index is 1.36. The van der Waals surface area contributed by atoms with Gasteiger partial charge in [-0.25, -0.2) is 9.69 Å². The van der Waals surface area contributed by atoms with Gasteiger partial charge in [0.1, 0.15) is 30.3 Å². The SMILES string of the molecule is O=C1NC(=O)N(c2ccc(OCc3ccccc3)cc2)C(=O)/C1=C/c1cc(Cl)ccc1OCc1ccc(Br)cc1. The summed E-state index contributed by atoms with van der Waals surface area (Å²) in [6.45, 7) is 0.630. The summed E-state index contributed by atoms with van der Waals surface area (Å²) in [7, 11) is 0. The molecule has 0 aromatic heterocycles. The second kappa shape index (κ2) is 12.2. The highest BCUT2D eigenvalue weighted by Crippen LogP contribution is 2.29.